The number of benzene rings is 2. The van der Waals surface area contributed by atoms with Crippen LogP contribution in [0.4, 0.5) is 10.5 Å². The molecular formula is C26H28BrN3O5. The van der Waals surface area contributed by atoms with Gasteiger partial charge in [-0.05, 0) is 61.4 Å². The first-order valence-corrected chi connectivity index (χ1v) is 12.2. The van der Waals surface area contributed by atoms with Gasteiger partial charge >= 0.3 is 6.03 Å². The predicted molar refractivity (Wildman–Crippen MR) is 135 cm³/mol. The lowest BCUT2D eigenvalue weighted by molar-refractivity contribution is -0.133. The number of rotatable bonds is 9. The van der Waals surface area contributed by atoms with Gasteiger partial charge in [0.25, 0.3) is 0 Å². The first-order chi connectivity index (χ1) is 16.9. The highest BCUT2D eigenvalue weighted by molar-refractivity contribution is 9.10. The normalized spacial score (nSPS) is 11.9. The molecule has 1 aromatic heterocycles. The number of nitrogens with zero attached hydrogens (tertiary/aromatic N) is 2. The van der Waals surface area contributed by atoms with Gasteiger partial charge in [-0.1, -0.05) is 35.0 Å². The van der Waals surface area contributed by atoms with Gasteiger partial charge in [-0.15, -0.1) is 0 Å². The highest BCUT2D eigenvalue weighted by atomic mass is 79.9. The van der Waals surface area contributed by atoms with Crippen LogP contribution >= 0.6 is 15.9 Å². The van der Waals surface area contributed by atoms with E-state index < -0.39 is 0 Å². The van der Waals surface area contributed by atoms with E-state index in [0.717, 1.165) is 22.2 Å². The Balaban J connectivity index is 1.50. The summed E-state index contributed by atoms with van der Waals surface area (Å²) in [6.07, 6.45) is 0.721. The SMILES string of the molecule is CCCN(CC(=O)N(Cc1ccc2c(c1)OCO2)Cc1ccc(C)o1)C(=O)Nc1cccc(Br)c1. The van der Waals surface area contributed by atoms with Crippen LogP contribution in [0.5, 0.6) is 11.5 Å². The molecule has 9 heteroatoms. The molecule has 0 atom stereocenters. The molecule has 0 saturated heterocycles. The Morgan fingerprint density at radius 2 is 1.83 bits per heavy atom. The number of amides is 3. The zero-order valence-electron chi connectivity index (χ0n) is 19.8. The van der Waals surface area contributed by atoms with Crippen LogP contribution in [0, 0.1) is 6.92 Å². The summed E-state index contributed by atoms with van der Waals surface area (Å²) in [5.74, 6) is 2.61. The van der Waals surface area contributed by atoms with Crippen molar-refractivity contribution < 1.29 is 23.5 Å². The van der Waals surface area contributed by atoms with Crippen LogP contribution in [0.3, 0.4) is 0 Å². The monoisotopic (exact) mass is 541 g/mol. The molecule has 2 aromatic carbocycles. The minimum atomic E-state index is -0.324. The van der Waals surface area contributed by atoms with Crippen LogP contribution in [0.2, 0.25) is 0 Å². The molecule has 0 bridgehead atoms. The third kappa shape index (κ3) is 6.57. The molecule has 0 unspecified atom stereocenters. The van der Waals surface area contributed by atoms with E-state index in [0.29, 0.717) is 36.0 Å². The molecule has 0 aliphatic carbocycles. The van der Waals surface area contributed by atoms with E-state index in [1.807, 2.05) is 62.4 Å². The van der Waals surface area contributed by atoms with Gasteiger partial charge in [-0.2, -0.15) is 0 Å². The van der Waals surface area contributed by atoms with E-state index in [-0.39, 0.29) is 31.8 Å². The zero-order chi connectivity index (χ0) is 24.8. The Morgan fingerprint density at radius 3 is 2.57 bits per heavy atom. The van der Waals surface area contributed by atoms with E-state index in [1.165, 1.54) is 4.90 Å². The molecule has 3 amide bonds. The highest BCUT2D eigenvalue weighted by Crippen LogP contribution is 2.33. The third-order valence-corrected chi connectivity index (χ3v) is 5.98. The number of fused-ring (bicyclic) bond motifs is 1. The highest BCUT2D eigenvalue weighted by Gasteiger charge is 2.23. The molecule has 1 aliphatic rings. The third-order valence-electron chi connectivity index (χ3n) is 5.49. The molecule has 0 spiro atoms. The molecule has 8 nitrogen and oxygen atoms in total. The van der Waals surface area contributed by atoms with E-state index >= 15 is 0 Å². The van der Waals surface area contributed by atoms with Gasteiger partial charge in [-0.3, -0.25) is 4.79 Å². The minimum absolute atomic E-state index is 0.0576. The summed E-state index contributed by atoms with van der Waals surface area (Å²) in [6.45, 7) is 5.03. The van der Waals surface area contributed by atoms with Gasteiger partial charge in [-0.25, -0.2) is 4.79 Å². The Bertz CT molecular complexity index is 1200. The number of ether oxygens (including phenoxy) is 2. The number of carbonyl (C=O) groups is 2. The smallest absolute Gasteiger partial charge is 0.322 e. The molecule has 2 heterocycles. The number of hydrogen-bond acceptors (Lipinski definition) is 5. The van der Waals surface area contributed by atoms with E-state index in [4.69, 9.17) is 13.9 Å². The van der Waals surface area contributed by atoms with Gasteiger partial charge < -0.3 is 29.0 Å². The molecule has 1 aliphatic heterocycles. The van der Waals surface area contributed by atoms with E-state index in [2.05, 4.69) is 21.2 Å². The summed E-state index contributed by atoms with van der Waals surface area (Å²) in [7, 11) is 0. The van der Waals surface area contributed by atoms with Crippen molar-refractivity contribution in [2.75, 3.05) is 25.2 Å². The molecule has 0 radical (unpaired) electrons. The largest absolute Gasteiger partial charge is 0.464 e. The quantitative estimate of drug-likeness (QED) is 0.383. The van der Waals surface area contributed by atoms with Crippen LogP contribution in [0.1, 0.15) is 30.4 Å². The molecular weight excluding hydrogens is 514 g/mol. The number of anilines is 1. The summed E-state index contributed by atoms with van der Waals surface area (Å²) >= 11 is 3.41. The lowest BCUT2D eigenvalue weighted by Crippen LogP contribution is -2.44. The summed E-state index contributed by atoms with van der Waals surface area (Å²) in [6, 6.07) is 16.4. The number of nitrogens with one attached hydrogen (secondary N) is 1. The van der Waals surface area contributed by atoms with Crippen molar-refractivity contribution in [3.8, 4) is 11.5 Å². The van der Waals surface area contributed by atoms with Gasteiger partial charge in [0, 0.05) is 23.2 Å². The van der Waals surface area contributed by atoms with Crippen LogP contribution in [0.15, 0.2) is 63.5 Å². The fourth-order valence-corrected chi connectivity index (χ4v) is 4.20. The van der Waals surface area contributed by atoms with Crippen molar-refractivity contribution in [3.63, 3.8) is 0 Å². The van der Waals surface area contributed by atoms with Gasteiger partial charge in [0.15, 0.2) is 11.5 Å². The van der Waals surface area contributed by atoms with Gasteiger partial charge in [0.05, 0.1) is 6.54 Å². The van der Waals surface area contributed by atoms with Crippen molar-refractivity contribution in [2.45, 2.75) is 33.4 Å². The lowest BCUT2D eigenvalue weighted by Gasteiger charge is -2.27. The summed E-state index contributed by atoms with van der Waals surface area (Å²) in [4.78, 5) is 29.7. The van der Waals surface area contributed by atoms with Crippen molar-refractivity contribution in [2.24, 2.45) is 0 Å². The Kier molecular flexibility index (Phi) is 7.97. The van der Waals surface area contributed by atoms with Crippen LogP contribution in [-0.2, 0) is 17.9 Å². The molecule has 4 rings (SSSR count). The summed E-state index contributed by atoms with van der Waals surface area (Å²) in [5.41, 5.74) is 1.55. The standard InChI is InChI=1S/C26H28BrN3O5/c1-3-11-29(26(32)28-21-6-4-5-20(27)13-21)16-25(31)30(15-22-9-7-18(2)35-22)14-19-8-10-23-24(12-19)34-17-33-23/h4-10,12-13H,3,11,14-17H2,1-2H3,(H,28,32). The molecule has 35 heavy (non-hydrogen) atoms. The molecule has 0 saturated carbocycles. The van der Waals surface area contributed by atoms with E-state index in [9.17, 15) is 9.59 Å². The van der Waals surface area contributed by atoms with Crippen molar-refractivity contribution >= 4 is 33.6 Å². The van der Waals surface area contributed by atoms with Crippen LogP contribution in [0.25, 0.3) is 0 Å². The first-order valence-electron chi connectivity index (χ1n) is 11.4. The topological polar surface area (TPSA) is 84.2 Å². The molecule has 184 valence electrons. The van der Waals surface area contributed by atoms with Crippen LogP contribution in [-0.4, -0.2) is 41.6 Å². The second-order valence-corrected chi connectivity index (χ2v) is 9.23. The first kappa shape index (κ1) is 24.7. The zero-order valence-corrected chi connectivity index (χ0v) is 21.3. The van der Waals surface area contributed by atoms with E-state index in [1.54, 1.807) is 11.0 Å². The average Bonchev–Trinajstić information content (AvgIpc) is 3.46. The Morgan fingerprint density at radius 1 is 1.00 bits per heavy atom. The molecule has 0 fully saturated rings. The van der Waals surface area contributed by atoms with Crippen molar-refractivity contribution in [3.05, 3.63) is 76.2 Å². The minimum Gasteiger partial charge on any atom is -0.464 e. The van der Waals surface area contributed by atoms with Crippen molar-refractivity contribution in [1.82, 2.24) is 9.80 Å². The van der Waals surface area contributed by atoms with Crippen molar-refractivity contribution in [1.29, 1.82) is 0 Å². The number of hydrogen-bond donors (Lipinski definition) is 1. The number of halogens is 1. The maximum atomic E-state index is 13.5. The fourth-order valence-electron chi connectivity index (χ4n) is 3.80. The van der Waals surface area contributed by atoms with Crippen LogP contribution < -0.4 is 14.8 Å². The second-order valence-electron chi connectivity index (χ2n) is 8.31. The maximum absolute atomic E-state index is 13.5. The average molecular weight is 542 g/mol. The lowest BCUT2D eigenvalue weighted by atomic mass is 10.2. The number of aryl methyl sites for hydroxylation is 1. The number of furan rings is 1. The summed E-state index contributed by atoms with van der Waals surface area (Å²) in [5, 5.41) is 2.88. The van der Waals surface area contributed by atoms with Gasteiger partial charge in [0.1, 0.15) is 18.1 Å². The Hall–Kier alpha value is -3.46. The number of carbonyl (C=O) groups excluding carboxylic acids is 2. The number of urea groups is 1. The Labute approximate surface area is 212 Å². The summed E-state index contributed by atoms with van der Waals surface area (Å²) < 4.78 is 17.5. The van der Waals surface area contributed by atoms with Gasteiger partial charge in [0.2, 0.25) is 12.7 Å². The second kappa shape index (κ2) is 11.3. The predicted octanol–water partition coefficient (Wildman–Crippen LogP) is 5.55. The maximum Gasteiger partial charge on any atom is 0.322 e. The fraction of sp³-hybridized carbons (Fsp3) is 0.308. The molecule has 3 aromatic rings. The molecule has 1 N–H and O–H groups in total.